The zero-order chi connectivity index (χ0) is 9.26. The van der Waals surface area contributed by atoms with Crippen molar-refractivity contribution in [2.75, 3.05) is 18.0 Å². The molecular weight excluding hydrogens is 180 g/mol. The van der Waals surface area contributed by atoms with Crippen LogP contribution in [0.2, 0.25) is 0 Å². The zero-order valence-electron chi connectivity index (χ0n) is 7.99. The predicted octanol–water partition coefficient (Wildman–Crippen LogP) is 1.98. The van der Waals surface area contributed by atoms with Crippen molar-refractivity contribution < 1.29 is 0 Å². The molecule has 2 nitrogen and oxygen atoms in total. The van der Waals surface area contributed by atoms with Gasteiger partial charge in [-0.25, -0.2) is 0 Å². The Balaban J connectivity index is 2.12. The van der Waals surface area contributed by atoms with E-state index >= 15 is 0 Å². The summed E-state index contributed by atoms with van der Waals surface area (Å²) in [4.78, 5) is 2.42. The predicted molar refractivity (Wildman–Crippen MR) is 58.5 cm³/mol. The molecule has 1 fully saturated rings. The van der Waals surface area contributed by atoms with Crippen molar-refractivity contribution in [1.82, 2.24) is 0 Å². The molecule has 0 saturated carbocycles. The Bertz CT molecular complexity index is 282. The van der Waals surface area contributed by atoms with E-state index in [0.717, 1.165) is 6.54 Å². The summed E-state index contributed by atoms with van der Waals surface area (Å²) in [5.74, 6) is 0. The molecule has 1 aliphatic rings. The van der Waals surface area contributed by atoms with Crippen LogP contribution in [0.3, 0.4) is 0 Å². The van der Waals surface area contributed by atoms with Crippen molar-refractivity contribution in [3.8, 4) is 0 Å². The largest absolute Gasteiger partial charge is 0.362 e. The van der Waals surface area contributed by atoms with E-state index in [2.05, 4.69) is 23.3 Å². The van der Waals surface area contributed by atoms with E-state index in [1.165, 1.54) is 30.0 Å². The molecule has 0 aromatic carbocycles. The quantitative estimate of drug-likeness (QED) is 0.744. The van der Waals surface area contributed by atoms with Gasteiger partial charge in [0.1, 0.15) is 0 Å². The molecule has 2 heterocycles. The standard InChI is InChI=1S/C10H16N2S/c1-8-4-6-13-10(8)12-5-2-3-9(11)7-12/h4,6,9H,2-3,5,7,11H2,1H3. The lowest BCUT2D eigenvalue weighted by Gasteiger charge is -2.32. The average Bonchev–Trinajstić information content (AvgIpc) is 2.51. The first-order valence-electron chi connectivity index (χ1n) is 4.82. The fourth-order valence-electron chi connectivity index (χ4n) is 1.88. The van der Waals surface area contributed by atoms with E-state index in [9.17, 15) is 0 Å². The van der Waals surface area contributed by atoms with E-state index in [-0.39, 0.29) is 0 Å². The lowest BCUT2D eigenvalue weighted by atomic mass is 10.1. The highest BCUT2D eigenvalue weighted by molar-refractivity contribution is 7.14. The van der Waals surface area contributed by atoms with Crippen molar-refractivity contribution in [1.29, 1.82) is 0 Å². The monoisotopic (exact) mass is 196 g/mol. The van der Waals surface area contributed by atoms with Gasteiger partial charge in [0.25, 0.3) is 0 Å². The van der Waals surface area contributed by atoms with E-state index < -0.39 is 0 Å². The zero-order valence-corrected chi connectivity index (χ0v) is 8.81. The van der Waals surface area contributed by atoms with Gasteiger partial charge in [-0.05, 0) is 36.8 Å². The van der Waals surface area contributed by atoms with Crippen LogP contribution in [-0.2, 0) is 0 Å². The van der Waals surface area contributed by atoms with Crippen LogP contribution in [0.15, 0.2) is 11.4 Å². The summed E-state index contributed by atoms with van der Waals surface area (Å²) < 4.78 is 0. The molecule has 1 atom stereocenters. The first-order chi connectivity index (χ1) is 6.27. The molecule has 13 heavy (non-hydrogen) atoms. The van der Waals surface area contributed by atoms with Crippen LogP contribution in [0.4, 0.5) is 5.00 Å². The molecule has 0 radical (unpaired) electrons. The van der Waals surface area contributed by atoms with Gasteiger partial charge >= 0.3 is 0 Å². The van der Waals surface area contributed by atoms with Crippen LogP contribution < -0.4 is 10.6 Å². The van der Waals surface area contributed by atoms with Crippen molar-refractivity contribution in [3.05, 3.63) is 17.0 Å². The van der Waals surface area contributed by atoms with Gasteiger partial charge in [-0.2, -0.15) is 0 Å². The highest BCUT2D eigenvalue weighted by atomic mass is 32.1. The molecule has 2 N–H and O–H groups in total. The molecule has 0 spiro atoms. The lowest BCUT2D eigenvalue weighted by molar-refractivity contribution is 0.507. The molecule has 2 rings (SSSR count). The summed E-state index contributed by atoms with van der Waals surface area (Å²) in [5.41, 5.74) is 7.33. The highest BCUT2D eigenvalue weighted by Crippen LogP contribution is 2.28. The number of hydrogen-bond donors (Lipinski definition) is 1. The van der Waals surface area contributed by atoms with Crippen molar-refractivity contribution in [2.24, 2.45) is 5.73 Å². The third kappa shape index (κ3) is 1.86. The summed E-state index contributed by atoms with van der Waals surface area (Å²) in [6, 6.07) is 2.55. The van der Waals surface area contributed by atoms with Gasteiger partial charge < -0.3 is 10.6 Å². The number of rotatable bonds is 1. The molecule has 72 valence electrons. The molecule has 0 aliphatic carbocycles. The summed E-state index contributed by atoms with van der Waals surface area (Å²) in [6.45, 7) is 4.38. The van der Waals surface area contributed by atoms with Gasteiger partial charge in [-0.1, -0.05) is 0 Å². The number of anilines is 1. The first-order valence-corrected chi connectivity index (χ1v) is 5.70. The van der Waals surface area contributed by atoms with E-state index in [1.54, 1.807) is 0 Å². The minimum absolute atomic E-state index is 0.371. The van der Waals surface area contributed by atoms with Gasteiger partial charge in [0.2, 0.25) is 0 Å². The average molecular weight is 196 g/mol. The van der Waals surface area contributed by atoms with E-state index in [0.29, 0.717) is 6.04 Å². The summed E-state index contributed by atoms with van der Waals surface area (Å²) in [5, 5.41) is 3.57. The van der Waals surface area contributed by atoms with Crippen molar-refractivity contribution in [3.63, 3.8) is 0 Å². The second-order valence-corrected chi connectivity index (χ2v) is 4.65. The van der Waals surface area contributed by atoms with E-state index in [1.807, 2.05) is 11.3 Å². The Morgan fingerprint density at radius 1 is 1.62 bits per heavy atom. The number of nitrogens with two attached hydrogens (primary N) is 1. The highest BCUT2D eigenvalue weighted by Gasteiger charge is 2.18. The maximum absolute atomic E-state index is 5.94. The van der Waals surface area contributed by atoms with Crippen molar-refractivity contribution >= 4 is 16.3 Å². The third-order valence-electron chi connectivity index (χ3n) is 2.58. The number of hydrogen-bond acceptors (Lipinski definition) is 3. The van der Waals surface area contributed by atoms with E-state index in [4.69, 9.17) is 5.73 Å². The van der Waals surface area contributed by atoms with Crippen LogP contribution in [0, 0.1) is 6.92 Å². The Morgan fingerprint density at radius 2 is 2.46 bits per heavy atom. The Kier molecular flexibility index (Phi) is 2.56. The Hall–Kier alpha value is -0.540. The maximum atomic E-state index is 5.94. The smallest absolute Gasteiger partial charge is 0.0938 e. The van der Waals surface area contributed by atoms with Gasteiger partial charge in [-0.15, -0.1) is 11.3 Å². The number of thiophene rings is 1. The summed E-state index contributed by atoms with van der Waals surface area (Å²) >= 11 is 1.83. The number of nitrogens with zero attached hydrogens (tertiary/aromatic N) is 1. The van der Waals surface area contributed by atoms with Crippen LogP contribution in [0.5, 0.6) is 0 Å². The lowest BCUT2D eigenvalue weighted by Crippen LogP contribution is -2.42. The summed E-state index contributed by atoms with van der Waals surface area (Å²) in [6.07, 6.45) is 2.42. The Labute approximate surface area is 83.4 Å². The third-order valence-corrected chi connectivity index (χ3v) is 3.66. The van der Waals surface area contributed by atoms with Crippen LogP contribution in [-0.4, -0.2) is 19.1 Å². The molecule has 3 heteroatoms. The molecule has 1 aromatic rings. The van der Waals surface area contributed by atoms with Gasteiger partial charge in [0.05, 0.1) is 5.00 Å². The normalized spacial score (nSPS) is 23.5. The molecule has 1 aromatic heterocycles. The van der Waals surface area contributed by atoms with Crippen LogP contribution in [0.25, 0.3) is 0 Å². The fraction of sp³-hybridized carbons (Fsp3) is 0.600. The molecule has 1 saturated heterocycles. The van der Waals surface area contributed by atoms with Crippen LogP contribution in [0.1, 0.15) is 18.4 Å². The van der Waals surface area contributed by atoms with Gasteiger partial charge in [0.15, 0.2) is 0 Å². The molecule has 0 bridgehead atoms. The topological polar surface area (TPSA) is 29.3 Å². The van der Waals surface area contributed by atoms with Crippen LogP contribution >= 0.6 is 11.3 Å². The van der Waals surface area contributed by atoms with Gasteiger partial charge in [0, 0.05) is 19.1 Å². The molecule has 1 aliphatic heterocycles. The SMILES string of the molecule is Cc1ccsc1N1CCCC(N)C1. The summed E-state index contributed by atoms with van der Waals surface area (Å²) in [7, 11) is 0. The Morgan fingerprint density at radius 3 is 3.08 bits per heavy atom. The maximum Gasteiger partial charge on any atom is 0.0938 e. The van der Waals surface area contributed by atoms with Gasteiger partial charge in [-0.3, -0.25) is 0 Å². The van der Waals surface area contributed by atoms with Crippen molar-refractivity contribution in [2.45, 2.75) is 25.8 Å². The molecule has 0 amide bonds. The second kappa shape index (κ2) is 3.68. The number of aryl methyl sites for hydroxylation is 1. The molecular formula is C10H16N2S. The number of piperidine rings is 1. The second-order valence-electron chi connectivity index (χ2n) is 3.76. The minimum atomic E-state index is 0.371. The molecule has 1 unspecified atom stereocenters. The first kappa shape index (κ1) is 9.03. The fourth-order valence-corrected chi connectivity index (χ4v) is 2.85. The minimum Gasteiger partial charge on any atom is -0.362 e.